The van der Waals surface area contributed by atoms with Gasteiger partial charge in [0.1, 0.15) is 11.6 Å². The van der Waals surface area contributed by atoms with Crippen LogP contribution in [-0.4, -0.2) is 41.9 Å². The minimum atomic E-state index is -0.579. The van der Waals surface area contributed by atoms with Crippen LogP contribution in [-0.2, 0) is 11.3 Å². The molecule has 0 aromatic heterocycles. The van der Waals surface area contributed by atoms with Gasteiger partial charge in [-0.2, -0.15) is 0 Å². The predicted molar refractivity (Wildman–Crippen MR) is 117 cm³/mol. The van der Waals surface area contributed by atoms with Gasteiger partial charge in [-0.3, -0.25) is 4.79 Å². The monoisotopic (exact) mass is 430 g/mol. The molecule has 6 rings (SSSR count). The number of amides is 1. The highest BCUT2D eigenvalue weighted by molar-refractivity contribution is 5.76. The molecule has 31 heavy (non-hydrogen) atoms. The molecule has 4 aliphatic carbocycles. The lowest BCUT2D eigenvalue weighted by atomic mass is 9.49. The van der Waals surface area contributed by atoms with Crippen LogP contribution in [0, 0.1) is 34.8 Å². The first-order valence-electron chi connectivity index (χ1n) is 12.3. The maximum absolute atomic E-state index is 14.1. The van der Waals surface area contributed by atoms with Crippen LogP contribution in [0.5, 0.6) is 0 Å². The van der Waals surface area contributed by atoms with Gasteiger partial charge in [0.05, 0.1) is 0 Å². The third-order valence-electron chi connectivity index (χ3n) is 8.94. The Bertz CT molecular complexity index is 790. The predicted octanol–water partition coefficient (Wildman–Crippen LogP) is 5.38. The zero-order valence-corrected chi connectivity index (χ0v) is 18.8. The standard InChI is InChI=1S/C26H36F2N2O/c1-29(9-7-26-14-18-10-19(15-26)12-20(11-18)16-26)23-4-5-25(31)30(8-6-23)17-21-2-3-22(27)13-24(21)28/h2-3,13,18-20,23H,4-12,14-17H2,1H3/t18?,19?,20?,23-,26?/m0/s1. The van der Waals surface area contributed by atoms with Crippen LogP contribution in [0.25, 0.3) is 0 Å². The van der Waals surface area contributed by atoms with E-state index in [1.807, 2.05) is 0 Å². The molecule has 4 bridgehead atoms. The van der Waals surface area contributed by atoms with Crippen molar-refractivity contribution in [1.82, 2.24) is 9.80 Å². The molecule has 1 amide bonds. The van der Waals surface area contributed by atoms with Crippen molar-refractivity contribution in [3.8, 4) is 0 Å². The third-order valence-corrected chi connectivity index (χ3v) is 8.94. The largest absolute Gasteiger partial charge is 0.338 e. The molecule has 1 heterocycles. The van der Waals surface area contributed by atoms with Crippen LogP contribution < -0.4 is 0 Å². The lowest BCUT2D eigenvalue weighted by Gasteiger charge is -2.57. The average Bonchev–Trinajstić information content (AvgIpc) is 2.89. The van der Waals surface area contributed by atoms with E-state index in [-0.39, 0.29) is 12.5 Å². The van der Waals surface area contributed by atoms with E-state index in [9.17, 15) is 13.6 Å². The molecule has 1 aromatic carbocycles. The van der Waals surface area contributed by atoms with E-state index >= 15 is 0 Å². The molecule has 1 saturated heterocycles. The number of nitrogens with zero attached hydrogens (tertiary/aromatic N) is 2. The molecule has 0 spiro atoms. The van der Waals surface area contributed by atoms with Crippen LogP contribution in [0.3, 0.4) is 0 Å². The average molecular weight is 431 g/mol. The second kappa shape index (κ2) is 8.46. The van der Waals surface area contributed by atoms with E-state index < -0.39 is 11.6 Å². The van der Waals surface area contributed by atoms with Gasteiger partial charge in [0.15, 0.2) is 0 Å². The molecule has 5 aliphatic rings. The van der Waals surface area contributed by atoms with Crippen molar-refractivity contribution in [2.45, 2.75) is 76.8 Å². The van der Waals surface area contributed by atoms with Crippen molar-refractivity contribution in [2.24, 2.45) is 23.2 Å². The van der Waals surface area contributed by atoms with Crippen molar-refractivity contribution in [3.05, 3.63) is 35.4 Å². The molecule has 1 atom stereocenters. The Labute approximate surface area is 185 Å². The first kappa shape index (κ1) is 21.4. The number of carbonyl (C=O) groups is 1. The first-order chi connectivity index (χ1) is 14.9. The van der Waals surface area contributed by atoms with Crippen LogP contribution in [0.1, 0.15) is 69.8 Å². The van der Waals surface area contributed by atoms with Gasteiger partial charge in [0.25, 0.3) is 0 Å². The number of hydrogen-bond acceptors (Lipinski definition) is 2. The Kier molecular flexibility index (Phi) is 5.83. The van der Waals surface area contributed by atoms with Gasteiger partial charge < -0.3 is 9.80 Å². The van der Waals surface area contributed by atoms with Crippen LogP contribution in [0.15, 0.2) is 18.2 Å². The Morgan fingerprint density at radius 3 is 2.39 bits per heavy atom. The molecule has 0 N–H and O–H groups in total. The zero-order chi connectivity index (χ0) is 21.6. The van der Waals surface area contributed by atoms with Gasteiger partial charge in [-0.1, -0.05) is 6.07 Å². The summed E-state index contributed by atoms with van der Waals surface area (Å²) in [6.45, 7) is 1.99. The van der Waals surface area contributed by atoms with Crippen molar-refractivity contribution in [3.63, 3.8) is 0 Å². The summed E-state index contributed by atoms with van der Waals surface area (Å²) in [4.78, 5) is 16.9. The molecule has 1 aliphatic heterocycles. The Balaban J connectivity index is 1.16. The van der Waals surface area contributed by atoms with E-state index in [0.717, 1.165) is 43.2 Å². The Morgan fingerprint density at radius 1 is 1.06 bits per heavy atom. The molecule has 5 fully saturated rings. The normalized spacial score (nSPS) is 35.1. The molecule has 4 saturated carbocycles. The quantitative estimate of drug-likeness (QED) is 0.605. The fourth-order valence-electron chi connectivity index (χ4n) is 7.68. The van der Waals surface area contributed by atoms with Crippen molar-refractivity contribution < 1.29 is 13.6 Å². The van der Waals surface area contributed by atoms with E-state index in [2.05, 4.69) is 11.9 Å². The SMILES string of the molecule is CN(CCC12CC3CC(CC(C3)C1)C2)[C@H]1CCC(=O)N(Cc2ccc(F)cc2F)CC1. The summed E-state index contributed by atoms with van der Waals surface area (Å²) >= 11 is 0. The van der Waals surface area contributed by atoms with Crippen molar-refractivity contribution in [1.29, 1.82) is 0 Å². The summed E-state index contributed by atoms with van der Waals surface area (Å²) in [7, 11) is 2.23. The maximum Gasteiger partial charge on any atom is 0.222 e. The molecule has 5 heteroatoms. The summed E-state index contributed by atoms with van der Waals surface area (Å²) in [6, 6.07) is 4.03. The first-order valence-corrected chi connectivity index (χ1v) is 12.3. The van der Waals surface area contributed by atoms with Crippen molar-refractivity contribution in [2.75, 3.05) is 20.1 Å². The summed E-state index contributed by atoms with van der Waals surface area (Å²) in [5, 5.41) is 0. The summed E-state index contributed by atoms with van der Waals surface area (Å²) in [5.74, 6) is 1.92. The van der Waals surface area contributed by atoms with E-state index in [0.29, 0.717) is 30.0 Å². The third kappa shape index (κ3) is 4.53. The summed E-state index contributed by atoms with van der Waals surface area (Å²) < 4.78 is 27.3. The smallest absolute Gasteiger partial charge is 0.222 e. The summed E-state index contributed by atoms with van der Waals surface area (Å²) in [5.41, 5.74) is 0.985. The second-order valence-electron chi connectivity index (χ2n) is 11.2. The lowest BCUT2D eigenvalue weighted by molar-refractivity contribution is -0.131. The van der Waals surface area contributed by atoms with Crippen LogP contribution in [0.4, 0.5) is 8.78 Å². The number of hydrogen-bond donors (Lipinski definition) is 0. The van der Waals surface area contributed by atoms with Gasteiger partial charge in [-0.05, 0) is 101 Å². The fraction of sp³-hybridized carbons (Fsp3) is 0.731. The second-order valence-corrected chi connectivity index (χ2v) is 11.2. The van der Waals surface area contributed by atoms with E-state index in [4.69, 9.17) is 0 Å². The number of carbonyl (C=O) groups excluding carboxylic acids is 1. The number of likely N-dealkylation sites (tertiary alicyclic amines) is 1. The molecule has 3 nitrogen and oxygen atoms in total. The van der Waals surface area contributed by atoms with Crippen molar-refractivity contribution >= 4 is 5.91 Å². The number of rotatable bonds is 6. The minimum Gasteiger partial charge on any atom is -0.338 e. The Hall–Kier alpha value is -1.49. The van der Waals surface area contributed by atoms with Crippen LogP contribution in [0.2, 0.25) is 0 Å². The molecular weight excluding hydrogens is 394 g/mol. The highest BCUT2D eigenvalue weighted by Gasteiger charge is 2.50. The Morgan fingerprint density at radius 2 is 1.74 bits per heavy atom. The van der Waals surface area contributed by atoms with Gasteiger partial charge >= 0.3 is 0 Å². The zero-order valence-electron chi connectivity index (χ0n) is 18.8. The fourth-order valence-corrected chi connectivity index (χ4v) is 7.68. The molecule has 170 valence electrons. The minimum absolute atomic E-state index is 0.0840. The van der Waals surface area contributed by atoms with Gasteiger partial charge in [0, 0.05) is 37.2 Å². The molecule has 1 aromatic rings. The molecule has 0 unspecified atom stereocenters. The molecule has 0 radical (unpaired) electrons. The topological polar surface area (TPSA) is 23.6 Å². The van der Waals surface area contributed by atoms with Crippen LogP contribution >= 0.6 is 0 Å². The highest BCUT2D eigenvalue weighted by Crippen LogP contribution is 2.61. The van der Waals surface area contributed by atoms with Gasteiger partial charge in [-0.25, -0.2) is 8.78 Å². The molecular formula is C26H36F2N2O. The maximum atomic E-state index is 14.1. The summed E-state index contributed by atoms with van der Waals surface area (Å²) in [6.07, 6.45) is 12.4. The van der Waals surface area contributed by atoms with E-state index in [1.165, 1.54) is 57.1 Å². The number of benzene rings is 1. The van der Waals surface area contributed by atoms with E-state index in [1.54, 1.807) is 4.90 Å². The lowest BCUT2D eigenvalue weighted by Crippen LogP contribution is -2.47. The number of halogens is 2. The highest BCUT2D eigenvalue weighted by atomic mass is 19.1. The van der Waals surface area contributed by atoms with Gasteiger partial charge in [0.2, 0.25) is 5.91 Å². The van der Waals surface area contributed by atoms with Gasteiger partial charge in [-0.15, -0.1) is 0 Å².